The van der Waals surface area contributed by atoms with Crippen LogP contribution in [0.4, 0.5) is 0 Å². The summed E-state index contributed by atoms with van der Waals surface area (Å²) in [4.78, 5) is 21.6. The average molecular weight is 196 g/mol. The van der Waals surface area contributed by atoms with E-state index in [9.17, 15) is 9.59 Å². The van der Waals surface area contributed by atoms with Crippen molar-refractivity contribution in [2.75, 3.05) is 0 Å². The van der Waals surface area contributed by atoms with Crippen LogP contribution in [0.3, 0.4) is 0 Å². The molecule has 0 fully saturated rings. The minimum Gasteiger partial charge on any atom is -0.457 e. The zero-order valence-electron chi connectivity index (χ0n) is 7.99. The molecule has 14 heavy (non-hydrogen) atoms. The number of esters is 1. The number of rotatable bonds is 5. The van der Waals surface area contributed by atoms with Gasteiger partial charge in [0.1, 0.15) is 0 Å². The number of carbonyl (C=O) groups excluding carboxylic acids is 2. The molecule has 0 aliphatic heterocycles. The summed E-state index contributed by atoms with van der Waals surface area (Å²) < 4.78 is 9.69. The fourth-order valence-corrected chi connectivity index (χ4v) is 0.974. The lowest BCUT2D eigenvalue weighted by Gasteiger charge is -2.00. The van der Waals surface area contributed by atoms with Crippen molar-refractivity contribution in [3.63, 3.8) is 0 Å². The number of hydrogen-bond acceptors (Lipinski definition) is 4. The molecule has 1 heterocycles. The maximum absolute atomic E-state index is 11.2. The maximum Gasteiger partial charge on any atom is 0.311 e. The average Bonchev–Trinajstić information content (AvgIpc) is 2.62. The first-order valence-corrected chi connectivity index (χ1v) is 4.51. The Bertz CT molecular complexity index is 314. The van der Waals surface area contributed by atoms with Gasteiger partial charge in [0.25, 0.3) is 0 Å². The second-order valence-corrected chi connectivity index (χ2v) is 2.84. The van der Waals surface area contributed by atoms with Crippen LogP contribution in [0.15, 0.2) is 16.7 Å². The predicted octanol–water partition coefficient (Wildman–Crippen LogP) is 2.19. The standard InChI is InChI=1S/C10H12O4/c1-2-3-4-10(12)14-8-5-6-13-9(8)7-11/h5-7H,2-4H2,1H3. The van der Waals surface area contributed by atoms with Gasteiger partial charge in [-0.05, 0) is 6.42 Å². The zero-order valence-corrected chi connectivity index (χ0v) is 7.99. The van der Waals surface area contributed by atoms with Crippen molar-refractivity contribution in [1.82, 2.24) is 0 Å². The fraction of sp³-hybridized carbons (Fsp3) is 0.400. The van der Waals surface area contributed by atoms with Crippen molar-refractivity contribution in [3.05, 3.63) is 18.1 Å². The summed E-state index contributed by atoms with van der Waals surface area (Å²) in [5.74, 6) is -0.0905. The van der Waals surface area contributed by atoms with E-state index < -0.39 is 0 Å². The Hall–Kier alpha value is -1.58. The van der Waals surface area contributed by atoms with Crippen molar-refractivity contribution in [2.45, 2.75) is 26.2 Å². The van der Waals surface area contributed by atoms with E-state index in [1.54, 1.807) is 0 Å². The highest BCUT2D eigenvalue weighted by Crippen LogP contribution is 2.18. The van der Waals surface area contributed by atoms with Crippen LogP contribution in [0.2, 0.25) is 0 Å². The van der Waals surface area contributed by atoms with Gasteiger partial charge in [0.2, 0.25) is 5.76 Å². The van der Waals surface area contributed by atoms with Gasteiger partial charge in [0.05, 0.1) is 6.26 Å². The zero-order chi connectivity index (χ0) is 10.4. The van der Waals surface area contributed by atoms with E-state index in [0.29, 0.717) is 12.7 Å². The summed E-state index contributed by atoms with van der Waals surface area (Å²) >= 11 is 0. The Morgan fingerprint density at radius 3 is 3.07 bits per heavy atom. The number of unbranched alkanes of at least 4 members (excludes halogenated alkanes) is 1. The SMILES string of the molecule is CCCCC(=O)Oc1ccoc1C=O. The van der Waals surface area contributed by atoms with Crippen LogP contribution in [0.5, 0.6) is 5.75 Å². The summed E-state index contributed by atoms with van der Waals surface area (Å²) in [7, 11) is 0. The molecular formula is C10H12O4. The normalized spacial score (nSPS) is 9.79. The van der Waals surface area contributed by atoms with Crippen LogP contribution in [-0.4, -0.2) is 12.3 Å². The van der Waals surface area contributed by atoms with E-state index in [-0.39, 0.29) is 17.5 Å². The van der Waals surface area contributed by atoms with E-state index in [0.717, 1.165) is 12.8 Å². The van der Waals surface area contributed by atoms with E-state index in [1.807, 2.05) is 6.92 Å². The molecule has 0 aliphatic rings. The van der Waals surface area contributed by atoms with Crippen molar-refractivity contribution >= 4 is 12.3 Å². The highest BCUT2D eigenvalue weighted by atomic mass is 16.5. The summed E-state index contributed by atoms with van der Waals surface area (Å²) in [6.07, 6.45) is 3.91. The topological polar surface area (TPSA) is 56.5 Å². The molecule has 0 atom stereocenters. The first-order valence-electron chi connectivity index (χ1n) is 4.51. The second kappa shape index (κ2) is 5.21. The molecule has 0 bridgehead atoms. The third-order valence-corrected chi connectivity index (χ3v) is 1.72. The largest absolute Gasteiger partial charge is 0.457 e. The number of ether oxygens (including phenoxy) is 1. The molecule has 76 valence electrons. The first-order chi connectivity index (χ1) is 6.77. The minimum absolute atomic E-state index is 0.0508. The molecule has 1 aromatic rings. The molecule has 0 aliphatic carbocycles. The molecule has 1 aromatic heterocycles. The third-order valence-electron chi connectivity index (χ3n) is 1.72. The van der Waals surface area contributed by atoms with Crippen LogP contribution in [0.1, 0.15) is 36.7 Å². The van der Waals surface area contributed by atoms with E-state index in [1.165, 1.54) is 12.3 Å². The van der Waals surface area contributed by atoms with Crippen molar-refractivity contribution in [1.29, 1.82) is 0 Å². The molecule has 0 saturated heterocycles. The Balaban J connectivity index is 2.51. The monoisotopic (exact) mass is 196 g/mol. The Morgan fingerprint density at radius 1 is 1.64 bits per heavy atom. The molecular weight excluding hydrogens is 184 g/mol. The predicted molar refractivity (Wildman–Crippen MR) is 49.3 cm³/mol. The van der Waals surface area contributed by atoms with Gasteiger partial charge in [0.15, 0.2) is 12.0 Å². The molecule has 4 nitrogen and oxygen atoms in total. The second-order valence-electron chi connectivity index (χ2n) is 2.84. The number of aldehydes is 1. The van der Waals surface area contributed by atoms with Gasteiger partial charge in [-0.25, -0.2) is 0 Å². The highest BCUT2D eigenvalue weighted by Gasteiger charge is 2.10. The lowest BCUT2D eigenvalue weighted by atomic mass is 10.2. The summed E-state index contributed by atoms with van der Waals surface area (Å²) in [5, 5.41) is 0. The van der Waals surface area contributed by atoms with E-state index >= 15 is 0 Å². The fourth-order valence-electron chi connectivity index (χ4n) is 0.974. The van der Waals surface area contributed by atoms with Crippen LogP contribution in [0.25, 0.3) is 0 Å². The molecule has 1 rings (SSSR count). The summed E-state index contributed by atoms with van der Waals surface area (Å²) in [6, 6.07) is 1.45. The van der Waals surface area contributed by atoms with Crippen molar-refractivity contribution in [3.8, 4) is 5.75 Å². The van der Waals surface area contributed by atoms with Gasteiger partial charge < -0.3 is 9.15 Å². The molecule has 0 unspecified atom stereocenters. The maximum atomic E-state index is 11.2. The van der Waals surface area contributed by atoms with E-state index in [2.05, 4.69) is 0 Å². The van der Waals surface area contributed by atoms with Crippen LogP contribution < -0.4 is 4.74 Å². The Morgan fingerprint density at radius 2 is 2.43 bits per heavy atom. The lowest BCUT2D eigenvalue weighted by molar-refractivity contribution is -0.134. The van der Waals surface area contributed by atoms with Crippen molar-refractivity contribution < 1.29 is 18.7 Å². The molecule has 0 N–H and O–H groups in total. The lowest BCUT2D eigenvalue weighted by Crippen LogP contribution is -2.07. The molecule has 0 saturated carbocycles. The summed E-state index contributed by atoms with van der Waals surface area (Å²) in [6.45, 7) is 1.99. The number of hydrogen-bond donors (Lipinski definition) is 0. The minimum atomic E-state index is -0.337. The van der Waals surface area contributed by atoms with Gasteiger partial charge in [-0.3, -0.25) is 9.59 Å². The quantitative estimate of drug-likeness (QED) is 0.535. The number of furan rings is 1. The van der Waals surface area contributed by atoms with Crippen LogP contribution in [-0.2, 0) is 4.79 Å². The Kier molecular flexibility index (Phi) is 3.91. The van der Waals surface area contributed by atoms with E-state index in [4.69, 9.17) is 9.15 Å². The van der Waals surface area contributed by atoms with Crippen LogP contribution >= 0.6 is 0 Å². The van der Waals surface area contributed by atoms with Gasteiger partial charge in [-0.1, -0.05) is 13.3 Å². The van der Waals surface area contributed by atoms with Crippen molar-refractivity contribution in [2.24, 2.45) is 0 Å². The van der Waals surface area contributed by atoms with Crippen LogP contribution in [0, 0.1) is 0 Å². The highest BCUT2D eigenvalue weighted by molar-refractivity contribution is 5.79. The first kappa shape index (κ1) is 10.5. The van der Waals surface area contributed by atoms with Gasteiger partial charge in [-0.15, -0.1) is 0 Å². The smallest absolute Gasteiger partial charge is 0.311 e. The summed E-state index contributed by atoms with van der Waals surface area (Å²) in [5.41, 5.74) is 0. The van der Waals surface area contributed by atoms with Gasteiger partial charge in [-0.2, -0.15) is 0 Å². The molecule has 0 spiro atoms. The number of carbonyl (C=O) groups is 2. The third kappa shape index (κ3) is 2.73. The molecule has 0 amide bonds. The molecule has 0 radical (unpaired) electrons. The Labute approximate surface area is 81.9 Å². The molecule has 0 aromatic carbocycles. The van der Waals surface area contributed by atoms with Gasteiger partial charge in [0, 0.05) is 12.5 Å². The van der Waals surface area contributed by atoms with Gasteiger partial charge >= 0.3 is 5.97 Å². The molecule has 4 heteroatoms.